The third-order valence-electron chi connectivity index (χ3n) is 4.71. The van der Waals surface area contributed by atoms with Gasteiger partial charge in [-0.3, -0.25) is 0 Å². The van der Waals surface area contributed by atoms with Gasteiger partial charge in [-0.15, -0.1) is 0 Å². The van der Waals surface area contributed by atoms with Crippen LogP contribution in [0, 0.1) is 17.2 Å². The lowest BCUT2D eigenvalue weighted by Crippen LogP contribution is -2.27. The summed E-state index contributed by atoms with van der Waals surface area (Å²) in [6.45, 7) is 3.79. The number of benzene rings is 2. The van der Waals surface area contributed by atoms with Crippen molar-refractivity contribution in [1.29, 1.82) is 5.26 Å². The Kier molecular flexibility index (Phi) is 6.22. The van der Waals surface area contributed by atoms with Crippen molar-refractivity contribution in [3.63, 3.8) is 0 Å². The fraction of sp³-hybridized carbons (Fsp3) is 0.409. The van der Waals surface area contributed by atoms with Crippen LogP contribution in [0.25, 0.3) is 11.1 Å². The molecule has 1 fully saturated rings. The molecule has 0 amide bonds. The van der Waals surface area contributed by atoms with Crippen LogP contribution >= 0.6 is 0 Å². The minimum atomic E-state index is -0.252. The van der Waals surface area contributed by atoms with Crippen molar-refractivity contribution in [3.05, 3.63) is 59.7 Å². The highest BCUT2D eigenvalue weighted by atomic mass is 16.7. The fourth-order valence-corrected chi connectivity index (χ4v) is 3.16. The first kappa shape index (κ1) is 17.7. The smallest absolute Gasteiger partial charge is 0.183 e. The highest BCUT2D eigenvalue weighted by Crippen LogP contribution is 2.29. The Balaban J connectivity index is 1.57. The summed E-state index contributed by atoms with van der Waals surface area (Å²) in [6, 6.07) is 18.1. The van der Waals surface area contributed by atoms with Gasteiger partial charge in [0.25, 0.3) is 0 Å². The van der Waals surface area contributed by atoms with Gasteiger partial charge < -0.3 is 9.47 Å². The molecule has 0 N–H and O–H groups in total. The fourth-order valence-electron chi connectivity index (χ4n) is 3.16. The van der Waals surface area contributed by atoms with Crippen LogP contribution in [0.4, 0.5) is 0 Å². The SMILES string of the molecule is CCCCCC1COC(c2ccc(-c3ccc(C#N)cc3)cc2)OC1. The van der Waals surface area contributed by atoms with Gasteiger partial charge in [-0.1, -0.05) is 62.6 Å². The zero-order valence-electron chi connectivity index (χ0n) is 14.8. The highest BCUT2D eigenvalue weighted by Gasteiger charge is 2.23. The van der Waals surface area contributed by atoms with Gasteiger partial charge in [0.2, 0.25) is 0 Å². The van der Waals surface area contributed by atoms with E-state index in [4.69, 9.17) is 14.7 Å². The van der Waals surface area contributed by atoms with Gasteiger partial charge in [0.05, 0.1) is 24.8 Å². The quantitative estimate of drug-likeness (QED) is 0.658. The molecular formula is C22H25NO2. The van der Waals surface area contributed by atoms with Crippen molar-refractivity contribution in [2.45, 2.75) is 38.9 Å². The number of unbranched alkanes of at least 4 members (excludes halogenated alkanes) is 2. The van der Waals surface area contributed by atoms with Crippen LogP contribution in [-0.2, 0) is 9.47 Å². The van der Waals surface area contributed by atoms with E-state index in [1.165, 1.54) is 25.7 Å². The molecule has 0 atom stereocenters. The summed E-state index contributed by atoms with van der Waals surface area (Å²) in [5.74, 6) is 0.528. The third-order valence-corrected chi connectivity index (χ3v) is 4.71. The number of rotatable bonds is 6. The topological polar surface area (TPSA) is 42.2 Å². The molecule has 2 aromatic carbocycles. The van der Waals surface area contributed by atoms with Crippen molar-refractivity contribution in [2.24, 2.45) is 5.92 Å². The molecule has 3 heteroatoms. The molecule has 0 spiro atoms. The Labute approximate surface area is 150 Å². The summed E-state index contributed by atoms with van der Waals surface area (Å²) < 4.78 is 11.8. The van der Waals surface area contributed by atoms with Crippen LogP contribution in [0.15, 0.2) is 48.5 Å². The first-order chi connectivity index (χ1) is 12.3. The predicted molar refractivity (Wildman–Crippen MR) is 98.9 cm³/mol. The molecule has 25 heavy (non-hydrogen) atoms. The first-order valence-corrected chi connectivity index (χ1v) is 9.14. The molecule has 3 rings (SSSR count). The number of hydrogen-bond donors (Lipinski definition) is 0. The molecule has 0 saturated carbocycles. The minimum absolute atomic E-state index is 0.252. The summed E-state index contributed by atoms with van der Waals surface area (Å²) in [5, 5.41) is 8.88. The lowest BCUT2D eigenvalue weighted by Gasteiger charge is -2.29. The maximum Gasteiger partial charge on any atom is 0.183 e. The van der Waals surface area contributed by atoms with Gasteiger partial charge >= 0.3 is 0 Å². The lowest BCUT2D eigenvalue weighted by atomic mass is 10.0. The van der Waals surface area contributed by atoms with Crippen molar-refractivity contribution in [3.8, 4) is 17.2 Å². The highest BCUT2D eigenvalue weighted by molar-refractivity contribution is 5.64. The van der Waals surface area contributed by atoms with Crippen LogP contribution in [0.2, 0.25) is 0 Å². The Hall–Kier alpha value is -2.15. The molecule has 130 valence electrons. The largest absolute Gasteiger partial charge is 0.348 e. The second kappa shape index (κ2) is 8.80. The maximum atomic E-state index is 8.88. The van der Waals surface area contributed by atoms with Gasteiger partial charge in [-0.05, 0) is 29.7 Å². The van der Waals surface area contributed by atoms with Crippen molar-refractivity contribution >= 4 is 0 Å². The molecule has 0 unspecified atom stereocenters. The van der Waals surface area contributed by atoms with E-state index in [1.807, 2.05) is 24.3 Å². The molecule has 1 saturated heterocycles. The normalized spacial score (nSPS) is 20.2. The number of nitrogens with zero attached hydrogens (tertiary/aromatic N) is 1. The van der Waals surface area contributed by atoms with Crippen LogP contribution in [-0.4, -0.2) is 13.2 Å². The molecule has 0 aliphatic carbocycles. The van der Waals surface area contributed by atoms with Crippen LogP contribution in [0.5, 0.6) is 0 Å². The molecule has 3 nitrogen and oxygen atoms in total. The summed E-state index contributed by atoms with van der Waals surface area (Å²) in [4.78, 5) is 0. The number of ether oxygens (including phenoxy) is 2. The van der Waals surface area contributed by atoms with Crippen LogP contribution < -0.4 is 0 Å². The number of nitriles is 1. The Morgan fingerprint density at radius 1 is 0.920 bits per heavy atom. The zero-order chi connectivity index (χ0) is 17.5. The van der Waals surface area contributed by atoms with Crippen LogP contribution in [0.1, 0.15) is 50.0 Å². The second-order valence-corrected chi connectivity index (χ2v) is 6.67. The monoisotopic (exact) mass is 335 g/mol. The van der Waals surface area contributed by atoms with E-state index in [1.54, 1.807) is 0 Å². The van der Waals surface area contributed by atoms with Crippen molar-refractivity contribution in [1.82, 2.24) is 0 Å². The van der Waals surface area contributed by atoms with Crippen LogP contribution in [0.3, 0.4) is 0 Å². The summed E-state index contributed by atoms with van der Waals surface area (Å²) in [5.41, 5.74) is 3.97. The standard InChI is InChI=1S/C22H25NO2/c1-2-3-4-5-18-15-24-22(25-16-18)21-12-10-20(11-13-21)19-8-6-17(14-23)7-9-19/h6-13,18,22H,2-5,15-16H2,1H3. The van der Waals surface area contributed by atoms with Gasteiger partial charge in [0.1, 0.15) is 0 Å². The predicted octanol–water partition coefficient (Wildman–Crippen LogP) is 5.47. The van der Waals surface area contributed by atoms with E-state index in [-0.39, 0.29) is 6.29 Å². The minimum Gasteiger partial charge on any atom is -0.348 e. The zero-order valence-corrected chi connectivity index (χ0v) is 14.8. The summed E-state index contributed by atoms with van der Waals surface area (Å²) in [6.07, 6.45) is 4.74. The molecule has 0 radical (unpaired) electrons. The molecule has 0 bridgehead atoms. The first-order valence-electron chi connectivity index (χ1n) is 9.14. The summed E-state index contributed by atoms with van der Waals surface area (Å²) >= 11 is 0. The lowest BCUT2D eigenvalue weighted by molar-refractivity contribution is -0.206. The Morgan fingerprint density at radius 2 is 1.52 bits per heavy atom. The average Bonchev–Trinajstić information content (AvgIpc) is 2.69. The van der Waals surface area contributed by atoms with Gasteiger partial charge in [-0.25, -0.2) is 0 Å². The summed E-state index contributed by atoms with van der Waals surface area (Å²) in [7, 11) is 0. The van der Waals surface area contributed by atoms with E-state index in [9.17, 15) is 0 Å². The van der Waals surface area contributed by atoms with E-state index in [0.29, 0.717) is 11.5 Å². The molecule has 0 aromatic heterocycles. The molecular weight excluding hydrogens is 310 g/mol. The molecule has 1 aliphatic heterocycles. The molecule has 1 heterocycles. The van der Waals surface area contributed by atoms with Gasteiger partial charge in [-0.2, -0.15) is 5.26 Å². The van der Waals surface area contributed by atoms with Gasteiger partial charge in [0.15, 0.2) is 6.29 Å². The Morgan fingerprint density at radius 3 is 2.08 bits per heavy atom. The second-order valence-electron chi connectivity index (χ2n) is 6.67. The van der Waals surface area contributed by atoms with Crippen molar-refractivity contribution < 1.29 is 9.47 Å². The van der Waals surface area contributed by atoms with Crippen molar-refractivity contribution in [2.75, 3.05) is 13.2 Å². The molecule has 2 aromatic rings. The third kappa shape index (κ3) is 4.69. The van der Waals surface area contributed by atoms with E-state index >= 15 is 0 Å². The van der Waals surface area contributed by atoms with E-state index < -0.39 is 0 Å². The van der Waals surface area contributed by atoms with E-state index in [2.05, 4.69) is 37.3 Å². The maximum absolute atomic E-state index is 8.88. The van der Waals surface area contributed by atoms with E-state index in [0.717, 1.165) is 29.9 Å². The Bertz CT molecular complexity index is 692. The average molecular weight is 335 g/mol. The van der Waals surface area contributed by atoms with Gasteiger partial charge in [0, 0.05) is 11.5 Å². The number of hydrogen-bond acceptors (Lipinski definition) is 3. The molecule has 1 aliphatic rings.